The Morgan fingerprint density at radius 1 is 1.16 bits per heavy atom. The van der Waals surface area contributed by atoms with Crippen LogP contribution in [0.25, 0.3) is 11.0 Å². The van der Waals surface area contributed by atoms with Crippen molar-refractivity contribution in [2.75, 3.05) is 17.3 Å². The maximum atomic E-state index is 6.06. The second kappa shape index (κ2) is 6.37. The fourth-order valence-electron chi connectivity index (χ4n) is 2.56. The van der Waals surface area contributed by atoms with E-state index in [0.29, 0.717) is 22.3 Å². The monoisotopic (exact) mass is 351 g/mol. The van der Waals surface area contributed by atoms with Gasteiger partial charge in [-0.3, -0.25) is 10.1 Å². The van der Waals surface area contributed by atoms with E-state index in [2.05, 4.69) is 30.5 Å². The van der Waals surface area contributed by atoms with Crippen LogP contribution >= 0.6 is 11.6 Å². The Morgan fingerprint density at radius 3 is 2.88 bits per heavy atom. The number of halogens is 1. The predicted octanol–water partition coefficient (Wildman–Crippen LogP) is 3.91. The highest BCUT2D eigenvalue weighted by Gasteiger charge is 2.17. The summed E-state index contributed by atoms with van der Waals surface area (Å²) in [6.45, 7) is 0. The lowest BCUT2D eigenvalue weighted by atomic mass is 10.3. The molecule has 4 rings (SSSR count). The van der Waals surface area contributed by atoms with E-state index >= 15 is 0 Å². The summed E-state index contributed by atoms with van der Waals surface area (Å²) >= 11 is 6.06. The largest absolute Gasteiger partial charge is 0.339 e. The summed E-state index contributed by atoms with van der Waals surface area (Å²) in [4.78, 5) is 14.7. The molecule has 0 aliphatic rings. The molecule has 7 nitrogen and oxygen atoms in total. The van der Waals surface area contributed by atoms with E-state index in [4.69, 9.17) is 11.6 Å². The first kappa shape index (κ1) is 15.3. The summed E-state index contributed by atoms with van der Waals surface area (Å²) in [6.07, 6.45) is 4.99. The molecule has 1 aromatic carbocycles. The van der Waals surface area contributed by atoms with Gasteiger partial charge in [0.25, 0.3) is 0 Å². The molecular formula is C17H14ClN7. The van der Waals surface area contributed by atoms with Crippen molar-refractivity contribution < 1.29 is 0 Å². The van der Waals surface area contributed by atoms with Crippen molar-refractivity contribution in [1.29, 1.82) is 0 Å². The zero-order chi connectivity index (χ0) is 17.2. The van der Waals surface area contributed by atoms with Gasteiger partial charge in [-0.1, -0.05) is 17.7 Å². The van der Waals surface area contributed by atoms with Crippen molar-refractivity contribution in [1.82, 2.24) is 25.1 Å². The van der Waals surface area contributed by atoms with Crippen LogP contribution in [0.5, 0.6) is 0 Å². The molecule has 0 amide bonds. The predicted molar refractivity (Wildman–Crippen MR) is 98.7 cm³/mol. The van der Waals surface area contributed by atoms with E-state index < -0.39 is 0 Å². The first-order valence-electron chi connectivity index (χ1n) is 7.58. The molecule has 3 aromatic heterocycles. The lowest BCUT2D eigenvalue weighted by Gasteiger charge is -2.17. The second-order valence-electron chi connectivity index (χ2n) is 5.40. The van der Waals surface area contributed by atoms with E-state index in [1.165, 1.54) is 6.33 Å². The van der Waals surface area contributed by atoms with Crippen LogP contribution in [0.15, 0.2) is 55.1 Å². The van der Waals surface area contributed by atoms with Crippen molar-refractivity contribution in [2.45, 2.75) is 0 Å². The van der Waals surface area contributed by atoms with Crippen LogP contribution in [0.3, 0.4) is 0 Å². The molecule has 0 atom stereocenters. The highest BCUT2D eigenvalue weighted by molar-refractivity contribution is 6.30. The number of aromatic amines is 1. The number of nitrogens with zero attached hydrogens (tertiary/aromatic N) is 5. The maximum Gasteiger partial charge on any atom is 0.168 e. The standard InChI is InChI=1S/C17H14ClN7/c1-25(13-6-3-7-19-9-13)17-14-15(20-10-21-16(14)23-24-17)22-12-5-2-4-11(18)8-12/h2-10H,1H3,(H2,20,21,22,23,24). The first-order valence-corrected chi connectivity index (χ1v) is 7.95. The Hall–Kier alpha value is -3.19. The summed E-state index contributed by atoms with van der Waals surface area (Å²) in [7, 11) is 1.92. The molecule has 2 N–H and O–H groups in total. The van der Waals surface area contributed by atoms with Gasteiger partial charge in [0.1, 0.15) is 17.5 Å². The van der Waals surface area contributed by atoms with E-state index in [0.717, 1.165) is 16.8 Å². The summed E-state index contributed by atoms with van der Waals surface area (Å²) in [5, 5.41) is 12.1. The highest BCUT2D eigenvalue weighted by Crippen LogP contribution is 2.33. The number of rotatable bonds is 4. The minimum Gasteiger partial charge on any atom is -0.339 e. The fourth-order valence-corrected chi connectivity index (χ4v) is 2.75. The van der Waals surface area contributed by atoms with Crippen molar-refractivity contribution in [2.24, 2.45) is 0 Å². The van der Waals surface area contributed by atoms with Gasteiger partial charge in [0.05, 0.1) is 11.9 Å². The number of hydrogen-bond donors (Lipinski definition) is 2. The molecule has 0 aliphatic heterocycles. The zero-order valence-electron chi connectivity index (χ0n) is 13.3. The Balaban J connectivity index is 1.79. The van der Waals surface area contributed by atoms with Gasteiger partial charge in [0.2, 0.25) is 0 Å². The third-order valence-corrected chi connectivity index (χ3v) is 4.01. The van der Waals surface area contributed by atoms with Gasteiger partial charge in [-0.25, -0.2) is 9.97 Å². The van der Waals surface area contributed by atoms with E-state index in [-0.39, 0.29) is 0 Å². The van der Waals surface area contributed by atoms with Gasteiger partial charge in [-0.15, -0.1) is 0 Å². The molecule has 0 aliphatic carbocycles. The topological polar surface area (TPSA) is 82.6 Å². The summed E-state index contributed by atoms with van der Waals surface area (Å²) in [5.41, 5.74) is 2.39. The number of aromatic nitrogens is 5. The summed E-state index contributed by atoms with van der Waals surface area (Å²) in [5.74, 6) is 1.35. The molecule has 0 saturated carbocycles. The van der Waals surface area contributed by atoms with Crippen molar-refractivity contribution in [3.63, 3.8) is 0 Å². The van der Waals surface area contributed by atoms with Crippen molar-refractivity contribution in [3.05, 3.63) is 60.1 Å². The Kier molecular flexibility index (Phi) is 3.91. The molecule has 3 heterocycles. The van der Waals surface area contributed by atoms with Crippen molar-refractivity contribution in [3.8, 4) is 0 Å². The molecule has 124 valence electrons. The van der Waals surface area contributed by atoms with Crippen LogP contribution in [0.1, 0.15) is 0 Å². The van der Waals surface area contributed by atoms with Crippen LogP contribution in [0, 0.1) is 0 Å². The molecule has 0 radical (unpaired) electrons. The van der Waals surface area contributed by atoms with Gasteiger partial charge < -0.3 is 10.2 Å². The first-order chi connectivity index (χ1) is 12.2. The van der Waals surface area contributed by atoms with Crippen LogP contribution in [0.2, 0.25) is 5.02 Å². The molecule has 4 aromatic rings. The highest BCUT2D eigenvalue weighted by atomic mass is 35.5. The maximum absolute atomic E-state index is 6.06. The summed E-state index contributed by atoms with van der Waals surface area (Å²) in [6, 6.07) is 11.3. The van der Waals surface area contributed by atoms with E-state index in [9.17, 15) is 0 Å². The van der Waals surface area contributed by atoms with Gasteiger partial charge in [-0.05, 0) is 30.3 Å². The number of hydrogen-bond acceptors (Lipinski definition) is 6. The molecule has 0 spiro atoms. The zero-order valence-corrected chi connectivity index (χ0v) is 14.1. The molecule has 0 unspecified atom stereocenters. The lowest BCUT2D eigenvalue weighted by molar-refractivity contribution is 1.04. The molecular weight excluding hydrogens is 338 g/mol. The quantitative estimate of drug-likeness (QED) is 0.580. The number of anilines is 4. The third kappa shape index (κ3) is 2.97. The van der Waals surface area contributed by atoms with Gasteiger partial charge in [0, 0.05) is 24.0 Å². The molecule has 25 heavy (non-hydrogen) atoms. The number of fused-ring (bicyclic) bond motifs is 1. The van der Waals surface area contributed by atoms with E-state index in [1.54, 1.807) is 12.4 Å². The van der Waals surface area contributed by atoms with Crippen LogP contribution in [-0.2, 0) is 0 Å². The molecule has 8 heteroatoms. The number of nitrogens with one attached hydrogen (secondary N) is 2. The SMILES string of the molecule is CN(c1cccnc1)c1n[nH]c2ncnc(Nc3cccc(Cl)c3)c12. The molecule has 0 saturated heterocycles. The third-order valence-electron chi connectivity index (χ3n) is 3.78. The number of pyridine rings is 1. The van der Waals surface area contributed by atoms with E-state index in [1.807, 2.05) is 48.3 Å². The number of benzene rings is 1. The minimum atomic E-state index is 0.644. The minimum absolute atomic E-state index is 0.644. The van der Waals surface area contributed by atoms with Crippen LogP contribution in [-0.4, -0.2) is 32.2 Å². The Labute approximate surface area is 148 Å². The van der Waals surface area contributed by atoms with Crippen molar-refractivity contribution >= 4 is 45.6 Å². The Morgan fingerprint density at radius 2 is 2.08 bits per heavy atom. The van der Waals surface area contributed by atoms with Crippen LogP contribution in [0.4, 0.5) is 23.0 Å². The average Bonchev–Trinajstić information content (AvgIpc) is 3.07. The second-order valence-corrected chi connectivity index (χ2v) is 5.84. The smallest absolute Gasteiger partial charge is 0.168 e. The summed E-state index contributed by atoms with van der Waals surface area (Å²) < 4.78 is 0. The Bertz CT molecular complexity index is 1020. The number of H-pyrrole nitrogens is 1. The fraction of sp³-hybridized carbons (Fsp3) is 0.0588. The van der Waals surface area contributed by atoms with Gasteiger partial charge in [-0.2, -0.15) is 5.10 Å². The molecule has 0 fully saturated rings. The molecule has 0 bridgehead atoms. The van der Waals surface area contributed by atoms with Gasteiger partial charge in [0.15, 0.2) is 11.5 Å². The normalized spacial score (nSPS) is 10.8. The lowest BCUT2D eigenvalue weighted by Crippen LogP contribution is -2.11. The average molecular weight is 352 g/mol. The van der Waals surface area contributed by atoms with Gasteiger partial charge >= 0.3 is 0 Å². The van der Waals surface area contributed by atoms with Crippen LogP contribution < -0.4 is 10.2 Å².